The van der Waals surface area contributed by atoms with Gasteiger partial charge in [-0.25, -0.2) is 9.78 Å². The Morgan fingerprint density at radius 3 is 2.75 bits per heavy atom. The number of para-hydroxylation sites is 1. The first kappa shape index (κ1) is 21.2. The number of carbonyl (C=O) groups is 3. The largest absolute Gasteiger partial charge is 0.493 e. The summed E-state index contributed by atoms with van der Waals surface area (Å²) in [7, 11) is 0. The summed E-state index contributed by atoms with van der Waals surface area (Å²) < 4.78 is 5.73. The monoisotopic (exact) mass is 406 g/mol. The summed E-state index contributed by atoms with van der Waals surface area (Å²) in [4.78, 5) is 38.2. The van der Waals surface area contributed by atoms with Gasteiger partial charge in [-0.3, -0.25) is 14.9 Å². The number of aliphatic carboxylic acids is 1. The first-order valence-electron chi connectivity index (χ1n) is 8.70. The maximum atomic E-state index is 12.1. The van der Waals surface area contributed by atoms with Gasteiger partial charge in [-0.15, -0.1) is 11.3 Å². The summed E-state index contributed by atoms with van der Waals surface area (Å²) >= 11 is 1.06. The summed E-state index contributed by atoms with van der Waals surface area (Å²) in [6.07, 6.45) is 1.99. The SMILES string of the molecule is CCCCOc1ccccc1CNC(=O)Nc1nc(C(=O)NCC(=O)O)cs1. The van der Waals surface area contributed by atoms with Crippen molar-refractivity contribution in [2.24, 2.45) is 0 Å². The predicted molar refractivity (Wildman–Crippen MR) is 105 cm³/mol. The molecule has 150 valence electrons. The van der Waals surface area contributed by atoms with Crippen molar-refractivity contribution in [1.82, 2.24) is 15.6 Å². The Hall–Kier alpha value is -3.14. The number of nitrogens with zero attached hydrogens (tertiary/aromatic N) is 1. The topological polar surface area (TPSA) is 130 Å². The van der Waals surface area contributed by atoms with Crippen LogP contribution in [0.25, 0.3) is 0 Å². The van der Waals surface area contributed by atoms with E-state index in [9.17, 15) is 14.4 Å². The second kappa shape index (κ2) is 10.9. The first-order chi connectivity index (χ1) is 13.5. The summed E-state index contributed by atoms with van der Waals surface area (Å²) in [5.41, 5.74) is 0.887. The molecule has 1 aromatic heterocycles. The standard InChI is InChI=1S/C18H22N4O5S/c1-2-3-8-27-14-7-5-4-6-12(14)9-20-17(26)22-18-21-13(11-28-18)16(25)19-10-15(23)24/h4-7,11H,2-3,8-10H2,1H3,(H,19,25)(H,23,24)(H2,20,21,22,26). The summed E-state index contributed by atoms with van der Waals surface area (Å²) in [5, 5.41) is 17.7. The quantitative estimate of drug-likeness (QED) is 0.449. The molecule has 0 radical (unpaired) electrons. The Kier molecular flexibility index (Phi) is 8.22. The number of ether oxygens (including phenoxy) is 1. The number of aromatic nitrogens is 1. The van der Waals surface area contributed by atoms with Gasteiger partial charge in [0.15, 0.2) is 5.13 Å². The van der Waals surface area contributed by atoms with Crippen LogP contribution in [0, 0.1) is 0 Å². The Morgan fingerprint density at radius 1 is 1.21 bits per heavy atom. The van der Waals surface area contributed by atoms with Crippen molar-refractivity contribution in [3.8, 4) is 5.75 Å². The van der Waals surface area contributed by atoms with Crippen LogP contribution in [0.15, 0.2) is 29.6 Å². The minimum atomic E-state index is -1.15. The van der Waals surface area contributed by atoms with E-state index in [-0.39, 0.29) is 17.4 Å². The fraction of sp³-hybridized carbons (Fsp3) is 0.333. The minimum absolute atomic E-state index is 0.0382. The predicted octanol–water partition coefficient (Wildman–Crippen LogP) is 2.46. The van der Waals surface area contributed by atoms with Gasteiger partial charge >= 0.3 is 12.0 Å². The van der Waals surface area contributed by atoms with Crippen molar-refractivity contribution in [3.63, 3.8) is 0 Å². The summed E-state index contributed by atoms with van der Waals surface area (Å²) in [5.74, 6) is -1.05. The molecule has 4 N–H and O–H groups in total. The van der Waals surface area contributed by atoms with E-state index in [4.69, 9.17) is 9.84 Å². The van der Waals surface area contributed by atoms with E-state index in [0.29, 0.717) is 6.61 Å². The number of nitrogens with one attached hydrogen (secondary N) is 3. The van der Waals surface area contributed by atoms with E-state index in [2.05, 4.69) is 27.9 Å². The molecule has 0 aliphatic carbocycles. The van der Waals surface area contributed by atoms with Gasteiger partial charge in [0.2, 0.25) is 0 Å². The number of anilines is 1. The molecule has 0 bridgehead atoms. The Morgan fingerprint density at radius 2 is 2.00 bits per heavy atom. The molecule has 9 nitrogen and oxygen atoms in total. The van der Waals surface area contributed by atoms with Crippen molar-refractivity contribution in [1.29, 1.82) is 0 Å². The molecule has 0 saturated carbocycles. The van der Waals surface area contributed by atoms with Crippen molar-refractivity contribution >= 4 is 34.4 Å². The third kappa shape index (κ3) is 6.88. The van der Waals surface area contributed by atoms with Crippen LogP contribution in [0.4, 0.5) is 9.93 Å². The van der Waals surface area contributed by atoms with Crippen LogP contribution in [0.5, 0.6) is 5.75 Å². The van der Waals surface area contributed by atoms with E-state index < -0.39 is 24.5 Å². The number of hydrogen-bond donors (Lipinski definition) is 4. The second-order valence-electron chi connectivity index (χ2n) is 5.73. The van der Waals surface area contributed by atoms with Crippen LogP contribution < -0.4 is 20.7 Å². The molecule has 0 aliphatic rings. The van der Waals surface area contributed by atoms with Crippen molar-refractivity contribution in [2.75, 3.05) is 18.5 Å². The number of hydrogen-bond acceptors (Lipinski definition) is 6. The molecule has 0 atom stereocenters. The molecule has 2 rings (SSSR count). The average Bonchev–Trinajstić information content (AvgIpc) is 3.14. The molecular weight excluding hydrogens is 384 g/mol. The van der Waals surface area contributed by atoms with Gasteiger partial charge in [0.1, 0.15) is 18.0 Å². The smallest absolute Gasteiger partial charge is 0.322 e. The summed E-state index contributed by atoms with van der Waals surface area (Å²) in [6, 6.07) is 6.99. The van der Waals surface area contributed by atoms with Gasteiger partial charge in [-0.2, -0.15) is 0 Å². The molecule has 3 amide bonds. The number of carbonyl (C=O) groups excluding carboxylic acids is 2. The Labute approximate surface area is 166 Å². The molecule has 0 aliphatic heterocycles. The molecule has 1 heterocycles. The van der Waals surface area contributed by atoms with Crippen LogP contribution in [-0.4, -0.2) is 41.1 Å². The van der Waals surface area contributed by atoms with E-state index in [1.54, 1.807) is 0 Å². The molecule has 0 fully saturated rings. The van der Waals surface area contributed by atoms with E-state index >= 15 is 0 Å². The lowest BCUT2D eigenvalue weighted by Gasteiger charge is -2.12. The molecule has 2 aromatic rings. The molecule has 10 heteroatoms. The molecule has 0 spiro atoms. The van der Waals surface area contributed by atoms with Crippen LogP contribution in [0.1, 0.15) is 35.8 Å². The highest BCUT2D eigenvalue weighted by Crippen LogP contribution is 2.19. The fourth-order valence-corrected chi connectivity index (χ4v) is 2.80. The summed E-state index contributed by atoms with van der Waals surface area (Å²) in [6.45, 7) is 2.47. The molecule has 0 saturated heterocycles. The van der Waals surface area contributed by atoms with Gasteiger partial charge in [0, 0.05) is 17.5 Å². The van der Waals surface area contributed by atoms with Crippen molar-refractivity contribution in [2.45, 2.75) is 26.3 Å². The van der Waals surface area contributed by atoms with Gasteiger partial charge in [0.05, 0.1) is 6.61 Å². The number of carboxylic acid groups (broad SMARTS) is 1. The zero-order chi connectivity index (χ0) is 20.4. The number of benzene rings is 1. The number of carboxylic acids is 1. The second-order valence-corrected chi connectivity index (χ2v) is 6.59. The zero-order valence-electron chi connectivity index (χ0n) is 15.4. The van der Waals surface area contributed by atoms with E-state index in [0.717, 1.165) is 35.5 Å². The molecular formula is C18H22N4O5S. The fourth-order valence-electron chi connectivity index (χ4n) is 2.12. The van der Waals surface area contributed by atoms with Crippen LogP contribution >= 0.6 is 11.3 Å². The van der Waals surface area contributed by atoms with E-state index in [1.807, 2.05) is 24.3 Å². The van der Waals surface area contributed by atoms with Crippen LogP contribution in [-0.2, 0) is 11.3 Å². The third-order valence-corrected chi connectivity index (χ3v) is 4.28. The zero-order valence-corrected chi connectivity index (χ0v) is 16.2. The third-order valence-electron chi connectivity index (χ3n) is 3.52. The van der Waals surface area contributed by atoms with Crippen LogP contribution in [0.2, 0.25) is 0 Å². The van der Waals surface area contributed by atoms with E-state index in [1.165, 1.54) is 5.38 Å². The first-order valence-corrected chi connectivity index (χ1v) is 9.58. The van der Waals surface area contributed by atoms with Crippen molar-refractivity contribution in [3.05, 3.63) is 40.9 Å². The molecule has 28 heavy (non-hydrogen) atoms. The average molecular weight is 406 g/mol. The minimum Gasteiger partial charge on any atom is -0.493 e. The number of unbranched alkanes of at least 4 members (excludes halogenated alkanes) is 1. The number of amides is 3. The normalized spacial score (nSPS) is 10.2. The van der Waals surface area contributed by atoms with Gasteiger partial charge in [-0.1, -0.05) is 31.5 Å². The number of urea groups is 1. The Balaban J connectivity index is 1.85. The maximum Gasteiger partial charge on any atom is 0.322 e. The highest BCUT2D eigenvalue weighted by Gasteiger charge is 2.13. The Bertz CT molecular complexity index is 824. The lowest BCUT2D eigenvalue weighted by Crippen LogP contribution is -2.30. The maximum absolute atomic E-state index is 12.1. The number of rotatable bonds is 10. The van der Waals surface area contributed by atoms with Crippen LogP contribution in [0.3, 0.4) is 0 Å². The number of thiazole rings is 1. The van der Waals surface area contributed by atoms with Crippen molar-refractivity contribution < 1.29 is 24.2 Å². The molecule has 1 aromatic carbocycles. The lowest BCUT2D eigenvalue weighted by atomic mass is 10.2. The highest BCUT2D eigenvalue weighted by atomic mass is 32.1. The highest BCUT2D eigenvalue weighted by molar-refractivity contribution is 7.14. The van der Waals surface area contributed by atoms with Gasteiger partial charge in [0.25, 0.3) is 5.91 Å². The molecule has 0 unspecified atom stereocenters. The lowest BCUT2D eigenvalue weighted by molar-refractivity contribution is -0.135. The van der Waals surface area contributed by atoms with Gasteiger partial charge in [-0.05, 0) is 12.5 Å². The van der Waals surface area contributed by atoms with Gasteiger partial charge < -0.3 is 20.5 Å².